The number of likely N-dealkylation sites (tertiary alicyclic amines) is 1. The van der Waals surface area contributed by atoms with Gasteiger partial charge in [-0.3, -0.25) is 4.79 Å². The van der Waals surface area contributed by atoms with Crippen LogP contribution in [0.1, 0.15) is 31.0 Å². The van der Waals surface area contributed by atoms with Crippen LogP contribution in [0.2, 0.25) is 0 Å². The molecular weight excluding hydrogens is 344 g/mol. The molecule has 7 heteroatoms. The summed E-state index contributed by atoms with van der Waals surface area (Å²) in [6.07, 6.45) is 6.37. The minimum Gasteiger partial charge on any atom is -0.458 e. The fourth-order valence-corrected chi connectivity index (χ4v) is 3.32. The molecule has 4 rings (SSSR count). The Kier molecular flexibility index (Phi) is 5.00. The largest absolute Gasteiger partial charge is 0.458 e. The van der Waals surface area contributed by atoms with Gasteiger partial charge in [0, 0.05) is 24.3 Å². The Labute approximate surface area is 157 Å². The first kappa shape index (κ1) is 17.5. The van der Waals surface area contributed by atoms with Crippen molar-refractivity contribution < 1.29 is 14.1 Å². The number of aryl methyl sites for hydroxylation is 1. The van der Waals surface area contributed by atoms with Crippen molar-refractivity contribution in [3.63, 3.8) is 0 Å². The maximum absolute atomic E-state index is 12.7. The fraction of sp³-hybridized carbons (Fsp3) is 0.400. The fourth-order valence-electron chi connectivity index (χ4n) is 3.32. The maximum Gasteiger partial charge on any atom is 0.316 e. The molecule has 1 aliphatic rings. The number of para-hydroxylation sites is 1. The van der Waals surface area contributed by atoms with Crippen molar-refractivity contribution in [2.45, 2.75) is 38.7 Å². The molecule has 0 aliphatic carbocycles. The molecule has 1 aromatic carbocycles. The molecule has 0 radical (unpaired) electrons. The van der Waals surface area contributed by atoms with Gasteiger partial charge in [0.25, 0.3) is 0 Å². The van der Waals surface area contributed by atoms with Crippen LogP contribution >= 0.6 is 0 Å². The molecule has 2 aromatic heterocycles. The van der Waals surface area contributed by atoms with E-state index in [1.807, 2.05) is 29.2 Å². The van der Waals surface area contributed by atoms with Crippen molar-refractivity contribution in [2.75, 3.05) is 13.1 Å². The molecule has 0 bridgehead atoms. The molecule has 1 saturated heterocycles. The molecule has 27 heavy (non-hydrogen) atoms. The Morgan fingerprint density at radius 2 is 2.11 bits per heavy atom. The average molecular weight is 366 g/mol. The molecule has 7 nitrogen and oxygen atoms in total. The van der Waals surface area contributed by atoms with E-state index in [-0.39, 0.29) is 18.4 Å². The predicted octanol–water partition coefficient (Wildman–Crippen LogP) is 2.79. The third-order valence-corrected chi connectivity index (χ3v) is 4.86. The van der Waals surface area contributed by atoms with Gasteiger partial charge in [-0.05, 0) is 37.0 Å². The van der Waals surface area contributed by atoms with Crippen LogP contribution in [0.25, 0.3) is 11.0 Å². The van der Waals surface area contributed by atoms with E-state index in [1.54, 1.807) is 12.4 Å². The summed E-state index contributed by atoms with van der Waals surface area (Å²) in [7, 11) is 0. The molecule has 1 fully saturated rings. The van der Waals surface area contributed by atoms with E-state index in [0.717, 1.165) is 36.8 Å². The Morgan fingerprint density at radius 3 is 2.93 bits per heavy atom. The average Bonchev–Trinajstić information content (AvgIpc) is 3.12. The second-order valence-electron chi connectivity index (χ2n) is 6.75. The third kappa shape index (κ3) is 3.92. The van der Waals surface area contributed by atoms with E-state index in [1.165, 1.54) is 0 Å². The molecule has 0 saturated carbocycles. The van der Waals surface area contributed by atoms with Crippen LogP contribution in [0.15, 0.2) is 41.2 Å². The lowest BCUT2D eigenvalue weighted by atomic mass is 10.1. The van der Waals surface area contributed by atoms with Crippen LogP contribution in [0, 0.1) is 0 Å². The number of amides is 1. The molecule has 0 N–H and O–H groups in total. The summed E-state index contributed by atoms with van der Waals surface area (Å²) < 4.78 is 11.2. The predicted molar refractivity (Wildman–Crippen MR) is 99.4 cm³/mol. The van der Waals surface area contributed by atoms with E-state index >= 15 is 0 Å². The first-order valence-electron chi connectivity index (χ1n) is 9.31. The lowest BCUT2D eigenvalue weighted by Crippen LogP contribution is -2.45. The highest BCUT2D eigenvalue weighted by Crippen LogP contribution is 2.20. The van der Waals surface area contributed by atoms with Gasteiger partial charge in [0.1, 0.15) is 11.8 Å². The minimum atomic E-state index is -0.0933. The number of benzene rings is 1. The second-order valence-corrected chi connectivity index (χ2v) is 6.75. The quantitative estimate of drug-likeness (QED) is 0.691. The van der Waals surface area contributed by atoms with Crippen molar-refractivity contribution in [3.05, 3.63) is 47.9 Å². The van der Waals surface area contributed by atoms with Gasteiger partial charge >= 0.3 is 6.01 Å². The van der Waals surface area contributed by atoms with E-state index < -0.39 is 0 Å². The topological polar surface area (TPSA) is 81.4 Å². The Bertz CT molecular complexity index is 922. The smallest absolute Gasteiger partial charge is 0.316 e. The molecule has 1 atom stereocenters. The number of ether oxygens (including phenoxy) is 1. The summed E-state index contributed by atoms with van der Waals surface area (Å²) in [6, 6.07) is 7.95. The highest BCUT2D eigenvalue weighted by atomic mass is 16.5. The molecule has 140 valence electrons. The number of hydrogen-bond acceptors (Lipinski definition) is 6. The maximum atomic E-state index is 12.7. The number of fused-ring (bicyclic) bond motifs is 1. The van der Waals surface area contributed by atoms with E-state index in [4.69, 9.17) is 9.26 Å². The molecule has 1 unspecified atom stereocenters. The highest BCUT2D eigenvalue weighted by molar-refractivity contribution is 5.86. The summed E-state index contributed by atoms with van der Waals surface area (Å²) in [4.78, 5) is 23.1. The van der Waals surface area contributed by atoms with Crippen LogP contribution in [-0.4, -0.2) is 45.1 Å². The zero-order valence-electron chi connectivity index (χ0n) is 15.3. The molecular formula is C20H22N4O3. The van der Waals surface area contributed by atoms with Crippen molar-refractivity contribution in [1.29, 1.82) is 0 Å². The number of nitrogens with zero attached hydrogens (tertiary/aromatic N) is 4. The highest BCUT2D eigenvalue weighted by Gasteiger charge is 2.26. The normalized spacial score (nSPS) is 17.2. The number of rotatable bonds is 5. The zero-order chi connectivity index (χ0) is 18.6. The van der Waals surface area contributed by atoms with Crippen LogP contribution in [0.5, 0.6) is 6.01 Å². The Balaban J connectivity index is 1.39. The number of aromatic nitrogens is 3. The summed E-state index contributed by atoms with van der Waals surface area (Å²) in [5.41, 5.74) is 2.45. The lowest BCUT2D eigenvalue weighted by molar-refractivity contribution is -0.133. The van der Waals surface area contributed by atoms with Gasteiger partial charge in [-0.15, -0.1) is 0 Å². The summed E-state index contributed by atoms with van der Waals surface area (Å²) in [6.45, 7) is 3.32. The van der Waals surface area contributed by atoms with Gasteiger partial charge in [0.05, 0.1) is 13.0 Å². The van der Waals surface area contributed by atoms with E-state index in [2.05, 4.69) is 22.0 Å². The summed E-state index contributed by atoms with van der Waals surface area (Å²) >= 11 is 0. The zero-order valence-corrected chi connectivity index (χ0v) is 15.3. The van der Waals surface area contributed by atoms with Gasteiger partial charge in [0.2, 0.25) is 5.91 Å². The first-order chi connectivity index (χ1) is 13.2. The van der Waals surface area contributed by atoms with Gasteiger partial charge in [-0.2, -0.15) is 0 Å². The van der Waals surface area contributed by atoms with Gasteiger partial charge in [0.15, 0.2) is 5.58 Å². The number of piperidine rings is 1. The van der Waals surface area contributed by atoms with Crippen molar-refractivity contribution in [3.8, 4) is 6.01 Å². The Hall–Kier alpha value is -2.96. The molecule has 1 amide bonds. The van der Waals surface area contributed by atoms with Crippen molar-refractivity contribution in [1.82, 2.24) is 20.0 Å². The van der Waals surface area contributed by atoms with Crippen LogP contribution in [0.4, 0.5) is 0 Å². The number of hydrogen-bond donors (Lipinski definition) is 0. The van der Waals surface area contributed by atoms with Crippen LogP contribution < -0.4 is 4.74 Å². The summed E-state index contributed by atoms with van der Waals surface area (Å²) in [5, 5.41) is 4.95. The monoisotopic (exact) mass is 366 g/mol. The van der Waals surface area contributed by atoms with Gasteiger partial charge in [-0.25, -0.2) is 9.97 Å². The molecule has 3 aromatic rings. The molecule has 1 aliphatic heterocycles. The third-order valence-electron chi connectivity index (χ3n) is 4.86. The van der Waals surface area contributed by atoms with Crippen molar-refractivity contribution >= 4 is 16.9 Å². The van der Waals surface area contributed by atoms with E-state index in [0.29, 0.717) is 23.8 Å². The minimum absolute atomic E-state index is 0.0320. The SMILES string of the molecule is CCc1cnc(OC2CCCN(C(=O)Cc3noc4ccccc34)C2)nc1. The van der Waals surface area contributed by atoms with Crippen molar-refractivity contribution in [2.24, 2.45) is 0 Å². The number of carbonyl (C=O) groups excluding carboxylic acids is 1. The second kappa shape index (κ2) is 7.73. The van der Waals surface area contributed by atoms with Crippen LogP contribution in [0.3, 0.4) is 0 Å². The summed E-state index contributed by atoms with van der Waals surface area (Å²) in [5.74, 6) is 0.0320. The van der Waals surface area contributed by atoms with Gasteiger partial charge in [-0.1, -0.05) is 24.2 Å². The standard InChI is InChI=1S/C20H22N4O3/c1-2-14-11-21-20(22-12-14)26-15-6-5-9-24(13-15)19(25)10-17-16-7-3-4-8-18(16)27-23-17/h3-4,7-8,11-12,15H,2,5-6,9-10,13H2,1H3. The first-order valence-corrected chi connectivity index (χ1v) is 9.31. The molecule has 0 spiro atoms. The van der Waals surface area contributed by atoms with Gasteiger partial charge < -0.3 is 14.2 Å². The lowest BCUT2D eigenvalue weighted by Gasteiger charge is -2.32. The molecule has 3 heterocycles. The van der Waals surface area contributed by atoms with E-state index in [9.17, 15) is 4.79 Å². The number of carbonyl (C=O) groups is 1. The Morgan fingerprint density at radius 1 is 1.30 bits per heavy atom. The van der Waals surface area contributed by atoms with Crippen LogP contribution in [-0.2, 0) is 17.6 Å².